The van der Waals surface area contributed by atoms with Gasteiger partial charge in [-0.15, -0.1) is 11.3 Å². The number of hydrogen-bond acceptors (Lipinski definition) is 6. The van der Waals surface area contributed by atoms with Gasteiger partial charge in [0, 0.05) is 16.6 Å². The summed E-state index contributed by atoms with van der Waals surface area (Å²) < 4.78 is 37.7. The van der Waals surface area contributed by atoms with Gasteiger partial charge in [-0.1, -0.05) is 0 Å². The third-order valence-electron chi connectivity index (χ3n) is 3.00. The standard InChI is InChI=1S/C13H11F3N6S/c14-13(15,16)12-20-11(21-22-12)7-1-2-9(17)10(3-7)19-5-8-4-18-6-23-8/h1-4,6,19H,5,17H2,(H,20,21,22). The van der Waals surface area contributed by atoms with E-state index in [2.05, 4.69) is 20.4 Å². The van der Waals surface area contributed by atoms with Gasteiger partial charge in [-0.25, -0.2) is 4.98 Å². The van der Waals surface area contributed by atoms with Gasteiger partial charge in [0.25, 0.3) is 0 Å². The average Bonchev–Trinajstić information content (AvgIpc) is 3.17. The summed E-state index contributed by atoms with van der Waals surface area (Å²) in [6.07, 6.45) is -2.84. The van der Waals surface area contributed by atoms with Gasteiger partial charge >= 0.3 is 6.18 Å². The second-order valence-electron chi connectivity index (χ2n) is 4.63. The molecule has 0 aliphatic rings. The van der Waals surface area contributed by atoms with E-state index in [-0.39, 0.29) is 5.82 Å². The molecule has 6 nitrogen and oxygen atoms in total. The molecule has 0 saturated heterocycles. The first-order valence-corrected chi connectivity index (χ1v) is 7.32. The van der Waals surface area contributed by atoms with Crippen molar-refractivity contribution in [2.45, 2.75) is 12.7 Å². The Morgan fingerprint density at radius 3 is 2.78 bits per heavy atom. The highest BCUT2D eigenvalue weighted by atomic mass is 32.1. The zero-order valence-electron chi connectivity index (χ0n) is 11.6. The third kappa shape index (κ3) is 3.42. The number of nitrogens with one attached hydrogen (secondary N) is 2. The van der Waals surface area contributed by atoms with Crippen molar-refractivity contribution in [3.63, 3.8) is 0 Å². The molecule has 0 amide bonds. The zero-order valence-corrected chi connectivity index (χ0v) is 12.4. The van der Waals surface area contributed by atoms with E-state index < -0.39 is 12.0 Å². The van der Waals surface area contributed by atoms with E-state index in [1.54, 1.807) is 29.9 Å². The van der Waals surface area contributed by atoms with Crippen molar-refractivity contribution in [3.05, 3.63) is 40.6 Å². The summed E-state index contributed by atoms with van der Waals surface area (Å²) in [4.78, 5) is 8.44. The first kappa shape index (κ1) is 15.3. The number of anilines is 2. The number of alkyl halides is 3. The molecule has 4 N–H and O–H groups in total. The molecule has 0 atom stereocenters. The molecule has 1 aromatic carbocycles. The van der Waals surface area contributed by atoms with Crippen molar-refractivity contribution < 1.29 is 13.2 Å². The Labute approximate surface area is 132 Å². The summed E-state index contributed by atoms with van der Waals surface area (Å²) in [5, 5.41) is 8.61. The van der Waals surface area contributed by atoms with Crippen molar-refractivity contribution in [3.8, 4) is 11.4 Å². The molecule has 0 aliphatic heterocycles. The lowest BCUT2D eigenvalue weighted by Crippen LogP contribution is -2.07. The van der Waals surface area contributed by atoms with Crippen LogP contribution in [0, 0.1) is 0 Å². The number of thiazole rings is 1. The average molecular weight is 340 g/mol. The number of aromatic nitrogens is 4. The van der Waals surface area contributed by atoms with E-state index in [0.29, 0.717) is 23.5 Å². The lowest BCUT2D eigenvalue weighted by atomic mass is 10.1. The van der Waals surface area contributed by atoms with Crippen LogP contribution in [0.5, 0.6) is 0 Å². The molecule has 3 rings (SSSR count). The highest BCUT2D eigenvalue weighted by molar-refractivity contribution is 7.09. The number of nitrogens with two attached hydrogens (primary N) is 1. The third-order valence-corrected chi connectivity index (χ3v) is 3.78. The molecule has 2 heterocycles. The van der Waals surface area contributed by atoms with Crippen LogP contribution in [0.3, 0.4) is 0 Å². The highest BCUT2D eigenvalue weighted by Crippen LogP contribution is 2.30. The maximum absolute atomic E-state index is 12.6. The minimum absolute atomic E-state index is 0.0434. The Bertz CT molecular complexity index is 796. The molecule has 3 aromatic rings. The Morgan fingerprint density at radius 2 is 2.13 bits per heavy atom. The number of nitrogen functional groups attached to an aromatic ring is 1. The van der Waals surface area contributed by atoms with Gasteiger partial charge in [0.05, 0.1) is 23.4 Å². The van der Waals surface area contributed by atoms with Crippen LogP contribution in [0.4, 0.5) is 24.5 Å². The number of nitrogens with zero attached hydrogens (tertiary/aromatic N) is 3. The first-order valence-electron chi connectivity index (χ1n) is 6.44. The molecule has 0 unspecified atom stereocenters. The van der Waals surface area contributed by atoms with Crippen LogP contribution in [0.15, 0.2) is 29.9 Å². The summed E-state index contributed by atoms with van der Waals surface area (Å²) in [7, 11) is 0. The van der Waals surface area contributed by atoms with Crippen LogP contribution >= 0.6 is 11.3 Å². The number of halogens is 3. The Kier molecular flexibility index (Phi) is 3.90. The molecule has 0 aliphatic carbocycles. The Morgan fingerprint density at radius 1 is 1.30 bits per heavy atom. The van der Waals surface area contributed by atoms with E-state index in [4.69, 9.17) is 5.73 Å². The second-order valence-corrected chi connectivity index (χ2v) is 5.60. The molecule has 10 heteroatoms. The quantitative estimate of drug-likeness (QED) is 0.635. The Balaban J connectivity index is 1.83. The second kappa shape index (κ2) is 5.88. The van der Waals surface area contributed by atoms with E-state index in [1.807, 2.05) is 5.10 Å². The van der Waals surface area contributed by atoms with Crippen LogP contribution < -0.4 is 11.1 Å². The molecular weight excluding hydrogens is 329 g/mol. The fraction of sp³-hybridized carbons (Fsp3) is 0.154. The van der Waals surface area contributed by atoms with Crippen molar-refractivity contribution >= 4 is 22.7 Å². The van der Waals surface area contributed by atoms with Crippen LogP contribution in [0.2, 0.25) is 0 Å². The maximum Gasteiger partial charge on any atom is 0.451 e. The van der Waals surface area contributed by atoms with Crippen molar-refractivity contribution in [1.82, 2.24) is 20.2 Å². The minimum Gasteiger partial charge on any atom is -0.397 e. The minimum atomic E-state index is -4.56. The van der Waals surface area contributed by atoms with Crippen LogP contribution in [0.25, 0.3) is 11.4 Å². The number of aromatic amines is 1. The monoisotopic (exact) mass is 340 g/mol. The molecule has 0 spiro atoms. The van der Waals surface area contributed by atoms with Gasteiger partial charge in [0.2, 0.25) is 5.82 Å². The van der Waals surface area contributed by atoms with Crippen molar-refractivity contribution in [2.24, 2.45) is 0 Å². The summed E-state index contributed by atoms with van der Waals surface area (Å²) in [6, 6.07) is 4.77. The normalized spacial score (nSPS) is 11.6. The van der Waals surface area contributed by atoms with Gasteiger partial charge in [-0.2, -0.15) is 18.3 Å². The number of H-pyrrole nitrogens is 1. The predicted molar refractivity (Wildman–Crippen MR) is 80.7 cm³/mol. The lowest BCUT2D eigenvalue weighted by molar-refractivity contribution is -0.144. The van der Waals surface area contributed by atoms with Crippen molar-refractivity contribution in [2.75, 3.05) is 11.1 Å². The molecule has 0 fully saturated rings. The Hall–Kier alpha value is -2.62. The predicted octanol–water partition coefficient (Wildman–Crippen LogP) is 3.14. The van der Waals surface area contributed by atoms with E-state index >= 15 is 0 Å². The number of rotatable bonds is 4. The molecule has 0 saturated carbocycles. The van der Waals surface area contributed by atoms with E-state index in [1.165, 1.54) is 11.3 Å². The van der Waals surface area contributed by atoms with Gasteiger partial charge < -0.3 is 11.1 Å². The van der Waals surface area contributed by atoms with Gasteiger partial charge in [0.1, 0.15) is 0 Å². The van der Waals surface area contributed by atoms with E-state index in [9.17, 15) is 13.2 Å². The fourth-order valence-corrected chi connectivity index (χ4v) is 2.41. The summed E-state index contributed by atoms with van der Waals surface area (Å²) >= 11 is 1.49. The van der Waals surface area contributed by atoms with Crippen molar-refractivity contribution in [1.29, 1.82) is 0 Å². The summed E-state index contributed by atoms with van der Waals surface area (Å²) in [6.45, 7) is 0.514. The molecule has 2 aromatic heterocycles. The zero-order chi connectivity index (χ0) is 16.4. The maximum atomic E-state index is 12.6. The SMILES string of the molecule is Nc1ccc(-c2n[nH]c(C(F)(F)F)n2)cc1NCc1cncs1. The summed E-state index contributed by atoms with van der Waals surface area (Å²) in [5.41, 5.74) is 9.09. The number of benzene rings is 1. The molecule has 0 radical (unpaired) electrons. The van der Waals surface area contributed by atoms with Crippen LogP contribution in [-0.2, 0) is 12.7 Å². The molecule has 23 heavy (non-hydrogen) atoms. The van der Waals surface area contributed by atoms with Gasteiger partial charge in [0.15, 0.2) is 5.82 Å². The molecule has 0 bridgehead atoms. The van der Waals surface area contributed by atoms with Gasteiger partial charge in [-0.3, -0.25) is 10.1 Å². The fourth-order valence-electron chi connectivity index (χ4n) is 1.88. The highest BCUT2D eigenvalue weighted by Gasteiger charge is 2.35. The lowest BCUT2D eigenvalue weighted by Gasteiger charge is -2.09. The smallest absolute Gasteiger partial charge is 0.397 e. The summed E-state index contributed by atoms with van der Waals surface area (Å²) in [5.74, 6) is -1.18. The molecule has 120 valence electrons. The van der Waals surface area contributed by atoms with Gasteiger partial charge in [-0.05, 0) is 18.2 Å². The van der Waals surface area contributed by atoms with Crippen LogP contribution in [-0.4, -0.2) is 20.2 Å². The topological polar surface area (TPSA) is 92.5 Å². The largest absolute Gasteiger partial charge is 0.451 e. The molecular formula is C13H11F3N6S. The first-order chi connectivity index (χ1) is 10.9. The van der Waals surface area contributed by atoms with E-state index in [0.717, 1.165) is 4.88 Å². The number of hydrogen-bond donors (Lipinski definition) is 3. The van der Waals surface area contributed by atoms with Crippen LogP contribution in [0.1, 0.15) is 10.7 Å².